The first-order valence-electron chi connectivity index (χ1n) is 7.74. The highest BCUT2D eigenvalue weighted by Crippen LogP contribution is 2.38. The first-order valence-corrected chi connectivity index (χ1v) is 8.54. The van der Waals surface area contributed by atoms with Gasteiger partial charge in [-0.3, -0.25) is 4.79 Å². The lowest BCUT2D eigenvalue weighted by Crippen LogP contribution is -2.10. The summed E-state index contributed by atoms with van der Waals surface area (Å²) in [6, 6.07) is 8.70. The first kappa shape index (κ1) is 18.1. The Morgan fingerprint density at radius 1 is 1.25 bits per heavy atom. The molecular weight excluding hydrogens is 372 g/mol. The number of hydrogen-bond acceptors (Lipinski definition) is 4. The number of nitrogens with one attached hydrogen (secondary N) is 1. The molecule has 0 amide bonds. The predicted molar refractivity (Wildman–Crippen MR) is 96.5 cm³/mol. The number of nitrogens with zero attached hydrogens (tertiary/aromatic N) is 1. The molecule has 0 unspecified atom stereocenters. The number of H-pyrrole nitrogens is 1. The van der Waals surface area contributed by atoms with Crippen LogP contribution in [0.3, 0.4) is 0 Å². The second-order valence-corrected chi connectivity index (χ2v) is 6.12. The van der Waals surface area contributed by atoms with Crippen molar-refractivity contribution < 1.29 is 9.47 Å². The number of methoxy groups -OCH3 is 1. The Balaban J connectivity index is 2.43. The summed E-state index contributed by atoms with van der Waals surface area (Å²) in [4.78, 5) is 14.6. The van der Waals surface area contributed by atoms with Gasteiger partial charge in [0.25, 0.3) is 5.56 Å². The largest absolute Gasteiger partial charge is 0.495 e. The highest BCUT2D eigenvalue weighted by Gasteiger charge is 2.13. The average molecular weight is 391 g/mol. The summed E-state index contributed by atoms with van der Waals surface area (Å²) in [6.07, 6.45) is 3.16. The first-order chi connectivity index (χ1) is 11.6. The number of halogens is 1. The van der Waals surface area contributed by atoms with E-state index in [0.717, 1.165) is 29.3 Å². The topological polar surface area (TPSA) is 75.1 Å². The number of aromatic amines is 1. The van der Waals surface area contributed by atoms with Gasteiger partial charge < -0.3 is 14.5 Å². The van der Waals surface area contributed by atoms with E-state index in [1.807, 2.05) is 12.1 Å². The average Bonchev–Trinajstić information content (AvgIpc) is 2.59. The van der Waals surface area contributed by atoms with E-state index in [2.05, 4.69) is 27.8 Å². The minimum atomic E-state index is -0.418. The molecule has 6 heteroatoms. The predicted octanol–water partition coefficient (Wildman–Crippen LogP) is 4.25. The second kappa shape index (κ2) is 8.55. The van der Waals surface area contributed by atoms with Crippen molar-refractivity contribution in [1.82, 2.24) is 4.98 Å². The quantitative estimate of drug-likeness (QED) is 0.716. The Morgan fingerprint density at radius 3 is 2.67 bits per heavy atom. The summed E-state index contributed by atoms with van der Waals surface area (Å²) in [7, 11) is 1.59. The van der Waals surface area contributed by atoms with Crippen molar-refractivity contribution in [1.29, 1.82) is 5.26 Å². The maximum absolute atomic E-state index is 11.9. The minimum Gasteiger partial charge on any atom is -0.495 e. The van der Waals surface area contributed by atoms with E-state index in [9.17, 15) is 4.79 Å². The van der Waals surface area contributed by atoms with Crippen molar-refractivity contribution in [3.8, 4) is 28.8 Å². The number of ether oxygens (including phenoxy) is 2. The fourth-order valence-corrected chi connectivity index (χ4v) is 2.78. The van der Waals surface area contributed by atoms with Crippen molar-refractivity contribution in [3.05, 3.63) is 44.7 Å². The minimum absolute atomic E-state index is 0.0803. The van der Waals surface area contributed by atoms with Crippen LogP contribution < -0.4 is 15.0 Å². The van der Waals surface area contributed by atoms with Crippen LogP contribution in [0.4, 0.5) is 0 Å². The van der Waals surface area contributed by atoms with Crippen molar-refractivity contribution in [2.45, 2.75) is 26.2 Å². The van der Waals surface area contributed by atoms with Crippen LogP contribution >= 0.6 is 15.9 Å². The molecule has 0 fully saturated rings. The van der Waals surface area contributed by atoms with E-state index in [-0.39, 0.29) is 5.56 Å². The fourth-order valence-electron chi connectivity index (χ4n) is 2.27. The van der Waals surface area contributed by atoms with E-state index < -0.39 is 5.56 Å². The van der Waals surface area contributed by atoms with Crippen LogP contribution in [0, 0.1) is 11.3 Å². The molecule has 1 N–H and O–H groups in total. The maximum Gasteiger partial charge on any atom is 0.266 e. The van der Waals surface area contributed by atoms with Gasteiger partial charge in [0.2, 0.25) is 0 Å². The molecule has 0 radical (unpaired) electrons. The van der Waals surface area contributed by atoms with E-state index >= 15 is 0 Å². The van der Waals surface area contributed by atoms with E-state index in [1.54, 1.807) is 19.2 Å². The van der Waals surface area contributed by atoms with Crippen LogP contribution in [0.1, 0.15) is 31.7 Å². The summed E-state index contributed by atoms with van der Waals surface area (Å²) in [5.41, 5.74) is 0.990. The molecule has 1 aromatic heterocycles. The molecule has 0 spiro atoms. The molecule has 0 aliphatic carbocycles. The number of hydrogen-bond donors (Lipinski definition) is 1. The van der Waals surface area contributed by atoms with Crippen LogP contribution in [0.2, 0.25) is 0 Å². The normalized spacial score (nSPS) is 10.2. The fraction of sp³-hybridized carbons (Fsp3) is 0.333. The van der Waals surface area contributed by atoms with Crippen molar-refractivity contribution in [3.63, 3.8) is 0 Å². The van der Waals surface area contributed by atoms with Crippen LogP contribution in [0.5, 0.6) is 11.5 Å². The molecule has 0 aliphatic rings. The molecule has 0 saturated heterocycles. The molecule has 0 aliphatic heterocycles. The third-order valence-electron chi connectivity index (χ3n) is 3.58. The van der Waals surface area contributed by atoms with Gasteiger partial charge in [-0.25, -0.2) is 0 Å². The van der Waals surface area contributed by atoms with Gasteiger partial charge in [-0.05, 0) is 40.5 Å². The zero-order valence-corrected chi connectivity index (χ0v) is 15.3. The molecule has 24 heavy (non-hydrogen) atoms. The van der Waals surface area contributed by atoms with Gasteiger partial charge >= 0.3 is 0 Å². The third-order valence-corrected chi connectivity index (χ3v) is 4.20. The summed E-state index contributed by atoms with van der Waals surface area (Å²) in [6.45, 7) is 2.72. The molecule has 126 valence electrons. The SMILES string of the molecule is CCCCCOc1cc(OC)c(Br)cc1-c1ccc(C#N)c(=O)[nH]1. The molecule has 1 aromatic carbocycles. The van der Waals surface area contributed by atoms with Gasteiger partial charge in [0.15, 0.2) is 0 Å². The zero-order chi connectivity index (χ0) is 17.5. The molecule has 2 rings (SSSR count). The molecule has 0 bridgehead atoms. The summed E-state index contributed by atoms with van der Waals surface area (Å²) >= 11 is 3.45. The molecular formula is C18H19BrN2O3. The Bertz CT molecular complexity index is 809. The number of nitriles is 1. The Labute approximate surface area is 149 Å². The number of unbranched alkanes of at least 4 members (excludes halogenated alkanes) is 2. The van der Waals surface area contributed by atoms with Gasteiger partial charge in [-0.1, -0.05) is 19.8 Å². The Hall–Kier alpha value is -2.26. The zero-order valence-electron chi connectivity index (χ0n) is 13.7. The van der Waals surface area contributed by atoms with E-state index in [0.29, 0.717) is 23.8 Å². The maximum atomic E-state index is 11.9. The Morgan fingerprint density at radius 2 is 2.04 bits per heavy atom. The molecule has 1 heterocycles. The summed E-state index contributed by atoms with van der Waals surface area (Å²) in [5.74, 6) is 1.28. The second-order valence-electron chi connectivity index (χ2n) is 5.27. The molecule has 0 atom stereocenters. The third kappa shape index (κ3) is 4.18. The van der Waals surface area contributed by atoms with Crippen LogP contribution in [-0.2, 0) is 0 Å². The van der Waals surface area contributed by atoms with Gasteiger partial charge in [0.1, 0.15) is 23.1 Å². The van der Waals surface area contributed by atoms with Crippen LogP contribution in [0.25, 0.3) is 11.3 Å². The smallest absolute Gasteiger partial charge is 0.266 e. The van der Waals surface area contributed by atoms with Crippen molar-refractivity contribution in [2.24, 2.45) is 0 Å². The summed E-state index contributed by atoms with van der Waals surface area (Å²) in [5, 5.41) is 8.89. The van der Waals surface area contributed by atoms with Crippen molar-refractivity contribution in [2.75, 3.05) is 13.7 Å². The van der Waals surface area contributed by atoms with Crippen LogP contribution in [-0.4, -0.2) is 18.7 Å². The van der Waals surface area contributed by atoms with Gasteiger partial charge in [-0.2, -0.15) is 5.26 Å². The lowest BCUT2D eigenvalue weighted by atomic mass is 10.1. The van der Waals surface area contributed by atoms with E-state index in [1.165, 1.54) is 6.07 Å². The highest BCUT2D eigenvalue weighted by molar-refractivity contribution is 9.10. The number of pyridine rings is 1. The lowest BCUT2D eigenvalue weighted by Gasteiger charge is -2.14. The van der Waals surface area contributed by atoms with Gasteiger partial charge in [-0.15, -0.1) is 0 Å². The molecule has 2 aromatic rings. The molecule has 5 nitrogen and oxygen atoms in total. The highest BCUT2D eigenvalue weighted by atomic mass is 79.9. The monoisotopic (exact) mass is 390 g/mol. The standard InChI is InChI=1S/C18H19BrN2O3/c1-3-4-5-8-24-16-10-17(23-2)14(19)9-13(16)15-7-6-12(11-20)18(22)21-15/h6-7,9-10H,3-5,8H2,1-2H3,(H,21,22). The Kier molecular flexibility index (Phi) is 6.44. The number of aromatic nitrogens is 1. The summed E-state index contributed by atoms with van der Waals surface area (Å²) < 4.78 is 12.0. The van der Waals surface area contributed by atoms with Gasteiger partial charge in [0.05, 0.1) is 23.9 Å². The lowest BCUT2D eigenvalue weighted by molar-refractivity contribution is 0.305. The number of benzene rings is 1. The van der Waals surface area contributed by atoms with Crippen LogP contribution in [0.15, 0.2) is 33.5 Å². The number of rotatable bonds is 7. The van der Waals surface area contributed by atoms with Crippen molar-refractivity contribution >= 4 is 15.9 Å². The molecule has 0 saturated carbocycles. The van der Waals surface area contributed by atoms with E-state index in [4.69, 9.17) is 14.7 Å². The van der Waals surface area contributed by atoms with Gasteiger partial charge in [0, 0.05) is 11.6 Å².